The minimum atomic E-state index is -0.376. The molecule has 0 aliphatic heterocycles. The summed E-state index contributed by atoms with van der Waals surface area (Å²) < 4.78 is 4.69. The first-order chi connectivity index (χ1) is 11.9. The van der Waals surface area contributed by atoms with Crippen molar-refractivity contribution < 1.29 is 9.53 Å². The Bertz CT molecular complexity index is 687. The molecule has 134 valence electrons. The zero-order valence-corrected chi connectivity index (χ0v) is 15.1. The number of rotatable bonds is 7. The monoisotopic (exact) mass is 344 g/mol. The van der Waals surface area contributed by atoms with E-state index < -0.39 is 0 Å². The smallest absolute Gasteiger partial charge is 0.337 e. The molecule has 0 bridgehead atoms. The molecule has 2 aromatic rings. The Morgan fingerprint density at radius 2 is 1.36 bits per heavy atom. The Labute approximate surface area is 147 Å². The van der Waals surface area contributed by atoms with Crippen LogP contribution in [0, 0.1) is 0 Å². The van der Waals surface area contributed by atoms with Gasteiger partial charge in [0.2, 0.25) is 17.8 Å². The highest BCUT2D eigenvalue weighted by molar-refractivity contribution is 5.89. The number of ether oxygens (including phenoxy) is 1. The van der Waals surface area contributed by atoms with Crippen LogP contribution in [0.1, 0.15) is 38.1 Å². The molecule has 2 rings (SSSR count). The molecule has 0 atom stereocenters. The number of hydrogen-bond donors (Lipinski definition) is 3. The molecule has 1 heterocycles. The highest BCUT2D eigenvalue weighted by atomic mass is 16.5. The summed E-state index contributed by atoms with van der Waals surface area (Å²) in [6, 6.07) is 7.27. The number of carbonyl (C=O) groups is 1. The van der Waals surface area contributed by atoms with E-state index in [1.807, 2.05) is 27.7 Å². The van der Waals surface area contributed by atoms with Crippen molar-refractivity contribution >= 4 is 29.5 Å². The third kappa shape index (κ3) is 5.59. The van der Waals surface area contributed by atoms with Gasteiger partial charge in [-0.05, 0) is 52.0 Å². The lowest BCUT2D eigenvalue weighted by molar-refractivity contribution is 0.0601. The Morgan fingerprint density at radius 1 is 0.880 bits per heavy atom. The maximum atomic E-state index is 11.5. The van der Waals surface area contributed by atoms with Crippen molar-refractivity contribution in [3.8, 4) is 0 Å². The fourth-order valence-corrected chi connectivity index (χ4v) is 2.01. The Balaban J connectivity index is 2.23. The van der Waals surface area contributed by atoms with Gasteiger partial charge in [-0.25, -0.2) is 4.79 Å². The fraction of sp³-hybridized carbons (Fsp3) is 0.412. The molecule has 0 spiro atoms. The summed E-state index contributed by atoms with van der Waals surface area (Å²) in [5, 5.41) is 9.47. The molecular formula is C17H24N6O2. The predicted molar refractivity (Wildman–Crippen MR) is 98.4 cm³/mol. The van der Waals surface area contributed by atoms with Crippen molar-refractivity contribution in [2.45, 2.75) is 39.8 Å². The quantitative estimate of drug-likeness (QED) is 0.659. The number of nitrogens with one attached hydrogen (secondary N) is 3. The number of hydrogen-bond acceptors (Lipinski definition) is 8. The first-order valence-corrected chi connectivity index (χ1v) is 8.12. The SMILES string of the molecule is COC(=O)c1ccc(Nc2nc(NC(C)C)nc(NC(C)C)n2)cc1. The molecule has 1 aromatic carbocycles. The van der Waals surface area contributed by atoms with Gasteiger partial charge in [0.1, 0.15) is 0 Å². The zero-order valence-electron chi connectivity index (χ0n) is 15.1. The molecular weight excluding hydrogens is 320 g/mol. The molecule has 0 saturated carbocycles. The lowest BCUT2D eigenvalue weighted by Crippen LogP contribution is -2.18. The predicted octanol–water partition coefficient (Wildman–Crippen LogP) is 3.04. The zero-order chi connectivity index (χ0) is 18.4. The lowest BCUT2D eigenvalue weighted by Gasteiger charge is -2.14. The fourth-order valence-electron chi connectivity index (χ4n) is 2.01. The van der Waals surface area contributed by atoms with Crippen molar-refractivity contribution in [3.05, 3.63) is 29.8 Å². The molecule has 0 unspecified atom stereocenters. The van der Waals surface area contributed by atoms with Crippen LogP contribution < -0.4 is 16.0 Å². The highest BCUT2D eigenvalue weighted by Gasteiger charge is 2.10. The van der Waals surface area contributed by atoms with E-state index in [-0.39, 0.29) is 18.1 Å². The first-order valence-electron chi connectivity index (χ1n) is 8.12. The van der Waals surface area contributed by atoms with E-state index >= 15 is 0 Å². The van der Waals surface area contributed by atoms with Crippen molar-refractivity contribution in [3.63, 3.8) is 0 Å². The minimum absolute atomic E-state index is 0.196. The lowest BCUT2D eigenvalue weighted by atomic mass is 10.2. The number of methoxy groups -OCH3 is 1. The van der Waals surface area contributed by atoms with Crippen LogP contribution in [0.15, 0.2) is 24.3 Å². The maximum absolute atomic E-state index is 11.5. The topological polar surface area (TPSA) is 101 Å². The number of benzene rings is 1. The van der Waals surface area contributed by atoms with Crippen LogP contribution in [0.3, 0.4) is 0 Å². The second-order valence-corrected chi connectivity index (χ2v) is 6.10. The van der Waals surface area contributed by atoms with E-state index in [2.05, 4.69) is 30.9 Å². The summed E-state index contributed by atoms with van der Waals surface area (Å²) in [6.45, 7) is 8.05. The first kappa shape index (κ1) is 18.4. The van der Waals surface area contributed by atoms with Crippen molar-refractivity contribution in [2.24, 2.45) is 0 Å². The van der Waals surface area contributed by atoms with Crippen LogP contribution in [0.4, 0.5) is 23.5 Å². The summed E-state index contributed by atoms with van der Waals surface area (Å²) in [4.78, 5) is 24.6. The van der Waals surface area contributed by atoms with Gasteiger partial charge in [-0.1, -0.05) is 0 Å². The summed E-state index contributed by atoms with van der Waals surface area (Å²) in [5.74, 6) is 1.01. The van der Waals surface area contributed by atoms with E-state index in [1.165, 1.54) is 7.11 Å². The van der Waals surface area contributed by atoms with E-state index in [0.29, 0.717) is 23.4 Å². The van der Waals surface area contributed by atoms with Gasteiger partial charge in [-0.15, -0.1) is 0 Å². The molecule has 3 N–H and O–H groups in total. The van der Waals surface area contributed by atoms with Crippen LogP contribution in [-0.4, -0.2) is 40.1 Å². The van der Waals surface area contributed by atoms with Gasteiger partial charge in [0, 0.05) is 17.8 Å². The molecule has 0 aliphatic carbocycles. The van der Waals surface area contributed by atoms with Gasteiger partial charge in [-0.3, -0.25) is 0 Å². The molecule has 0 fully saturated rings. The molecule has 0 amide bonds. The van der Waals surface area contributed by atoms with Gasteiger partial charge >= 0.3 is 5.97 Å². The average Bonchev–Trinajstić information content (AvgIpc) is 2.53. The summed E-state index contributed by atoms with van der Waals surface area (Å²) in [7, 11) is 1.35. The second kappa shape index (κ2) is 8.27. The normalized spacial score (nSPS) is 10.7. The Morgan fingerprint density at radius 3 is 1.80 bits per heavy atom. The highest BCUT2D eigenvalue weighted by Crippen LogP contribution is 2.17. The molecule has 1 aromatic heterocycles. The van der Waals surface area contributed by atoms with Gasteiger partial charge in [0.15, 0.2) is 0 Å². The standard InChI is InChI=1S/C17H24N6O2/c1-10(2)18-15-21-16(19-11(3)4)23-17(22-15)20-13-8-6-12(7-9-13)14(24)25-5/h6-11H,1-5H3,(H3,18,19,20,21,22,23). The van der Waals surface area contributed by atoms with Crippen LogP contribution in [0.2, 0.25) is 0 Å². The van der Waals surface area contributed by atoms with E-state index in [1.54, 1.807) is 24.3 Å². The van der Waals surface area contributed by atoms with E-state index in [9.17, 15) is 4.79 Å². The molecule has 0 saturated heterocycles. The molecule has 25 heavy (non-hydrogen) atoms. The number of anilines is 4. The van der Waals surface area contributed by atoms with E-state index in [4.69, 9.17) is 4.74 Å². The van der Waals surface area contributed by atoms with Crippen LogP contribution in [0.25, 0.3) is 0 Å². The van der Waals surface area contributed by atoms with Crippen LogP contribution in [-0.2, 0) is 4.74 Å². The minimum Gasteiger partial charge on any atom is -0.465 e. The number of esters is 1. The second-order valence-electron chi connectivity index (χ2n) is 6.10. The molecule has 8 nitrogen and oxygen atoms in total. The van der Waals surface area contributed by atoms with Crippen molar-refractivity contribution in [2.75, 3.05) is 23.1 Å². The van der Waals surface area contributed by atoms with Crippen molar-refractivity contribution in [1.82, 2.24) is 15.0 Å². The largest absolute Gasteiger partial charge is 0.465 e. The van der Waals surface area contributed by atoms with E-state index in [0.717, 1.165) is 5.69 Å². The van der Waals surface area contributed by atoms with Gasteiger partial charge < -0.3 is 20.7 Å². The number of nitrogens with zero attached hydrogens (tertiary/aromatic N) is 3. The molecule has 0 radical (unpaired) electrons. The summed E-state index contributed by atoms with van der Waals surface area (Å²) >= 11 is 0. The van der Waals surface area contributed by atoms with Crippen LogP contribution >= 0.6 is 0 Å². The molecule has 0 aliphatic rings. The van der Waals surface area contributed by atoms with Crippen LogP contribution in [0.5, 0.6) is 0 Å². The molecule has 8 heteroatoms. The van der Waals surface area contributed by atoms with Gasteiger partial charge in [0.05, 0.1) is 12.7 Å². The summed E-state index contributed by atoms with van der Waals surface area (Å²) in [6.07, 6.45) is 0. The Kier molecular flexibility index (Phi) is 6.10. The third-order valence-corrected chi connectivity index (χ3v) is 3.03. The number of aromatic nitrogens is 3. The summed E-state index contributed by atoms with van der Waals surface area (Å²) in [5.41, 5.74) is 1.23. The Hall–Kier alpha value is -2.90. The maximum Gasteiger partial charge on any atom is 0.337 e. The number of carbonyl (C=O) groups excluding carboxylic acids is 1. The van der Waals surface area contributed by atoms with Gasteiger partial charge in [0.25, 0.3) is 0 Å². The van der Waals surface area contributed by atoms with Crippen molar-refractivity contribution in [1.29, 1.82) is 0 Å². The third-order valence-electron chi connectivity index (χ3n) is 3.03. The average molecular weight is 344 g/mol. The van der Waals surface area contributed by atoms with Gasteiger partial charge in [-0.2, -0.15) is 15.0 Å².